The van der Waals surface area contributed by atoms with E-state index in [0.717, 1.165) is 12.0 Å². The van der Waals surface area contributed by atoms with Crippen molar-refractivity contribution in [2.75, 3.05) is 26.8 Å². The highest BCUT2D eigenvalue weighted by Gasteiger charge is 2.36. The van der Waals surface area contributed by atoms with Crippen molar-refractivity contribution in [1.29, 1.82) is 0 Å². The summed E-state index contributed by atoms with van der Waals surface area (Å²) in [5.41, 5.74) is 1.15. The Morgan fingerprint density at radius 3 is 3.00 bits per heavy atom. The van der Waals surface area contributed by atoms with Crippen LogP contribution in [0.5, 0.6) is 0 Å². The summed E-state index contributed by atoms with van der Waals surface area (Å²) in [5.74, 6) is -0.0232. The van der Waals surface area contributed by atoms with Gasteiger partial charge in [0.1, 0.15) is 5.69 Å². The van der Waals surface area contributed by atoms with Gasteiger partial charge in [-0.3, -0.25) is 9.78 Å². The molecule has 1 atom stereocenters. The standard InChI is InChI=1S/C16H24N2O3/c1-5-12-7-6-8-17-14(12)15(19)18-9-13(10-20-4)21-16(2,3)11-18/h6-8,13H,5,9-11H2,1-4H3/t13-/m0/s1. The monoisotopic (exact) mass is 292 g/mol. The van der Waals surface area contributed by atoms with Crippen LogP contribution in [0.1, 0.15) is 36.8 Å². The number of carbonyl (C=O) groups is 1. The van der Waals surface area contributed by atoms with E-state index in [-0.39, 0.29) is 17.6 Å². The van der Waals surface area contributed by atoms with Crippen LogP contribution < -0.4 is 0 Å². The van der Waals surface area contributed by atoms with E-state index in [1.165, 1.54) is 0 Å². The fraction of sp³-hybridized carbons (Fsp3) is 0.625. The van der Waals surface area contributed by atoms with E-state index in [9.17, 15) is 4.79 Å². The van der Waals surface area contributed by atoms with Crippen LogP contribution in [0, 0.1) is 0 Å². The number of aryl methyl sites for hydroxylation is 1. The maximum atomic E-state index is 12.8. The average molecular weight is 292 g/mol. The zero-order valence-corrected chi connectivity index (χ0v) is 13.3. The molecule has 0 unspecified atom stereocenters. The molecule has 5 nitrogen and oxygen atoms in total. The lowest BCUT2D eigenvalue weighted by Gasteiger charge is -2.42. The molecule has 21 heavy (non-hydrogen) atoms. The molecule has 0 spiro atoms. The topological polar surface area (TPSA) is 51.7 Å². The minimum Gasteiger partial charge on any atom is -0.382 e. The van der Waals surface area contributed by atoms with E-state index < -0.39 is 0 Å². The zero-order valence-electron chi connectivity index (χ0n) is 13.3. The third kappa shape index (κ3) is 3.80. The van der Waals surface area contributed by atoms with Gasteiger partial charge in [-0.1, -0.05) is 13.0 Å². The summed E-state index contributed by atoms with van der Waals surface area (Å²) in [5, 5.41) is 0. The molecule has 1 aromatic heterocycles. The highest BCUT2D eigenvalue weighted by Crippen LogP contribution is 2.23. The first-order chi connectivity index (χ1) is 9.96. The van der Waals surface area contributed by atoms with Gasteiger partial charge in [-0.15, -0.1) is 0 Å². The number of rotatable bonds is 4. The molecule has 0 radical (unpaired) electrons. The molecule has 0 bridgehead atoms. The first-order valence-corrected chi connectivity index (χ1v) is 7.36. The second-order valence-corrected chi connectivity index (χ2v) is 6.01. The minimum atomic E-state index is -0.377. The Hall–Kier alpha value is -1.46. The summed E-state index contributed by atoms with van der Waals surface area (Å²) in [6.45, 7) is 7.60. The summed E-state index contributed by atoms with van der Waals surface area (Å²) < 4.78 is 11.1. The molecular weight excluding hydrogens is 268 g/mol. The smallest absolute Gasteiger partial charge is 0.272 e. The predicted molar refractivity (Wildman–Crippen MR) is 80.3 cm³/mol. The highest BCUT2D eigenvalue weighted by molar-refractivity contribution is 5.93. The van der Waals surface area contributed by atoms with Gasteiger partial charge in [0, 0.05) is 26.4 Å². The molecular formula is C16H24N2O3. The van der Waals surface area contributed by atoms with Crippen molar-refractivity contribution >= 4 is 5.91 Å². The fourth-order valence-electron chi connectivity index (χ4n) is 2.79. The molecule has 2 rings (SSSR count). The van der Waals surface area contributed by atoms with Crippen molar-refractivity contribution in [3.63, 3.8) is 0 Å². The third-order valence-electron chi connectivity index (χ3n) is 3.60. The van der Waals surface area contributed by atoms with Crippen molar-refractivity contribution < 1.29 is 14.3 Å². The number of nitrogens with zero attached hydrogens (tertiary/aromatic N) is 2. The Kier molecular flexibility index (Phi) is 4.96. The molecule has 1 aliphatic heterocycles. The van der Waals surface area contributed by atoms with Crippen LogP contribution in [0.15, 0.2) is 18.3 Å². The third-order valence-corrected chi connectivity index (χ3v) is 3.60. The van der Waals surface area contributed by atoms with Crippen molar-refractivity contribution in [2.24, 2.45) is 0 Å². The summed E-state index contributed by atoms with van der Waals surface area (Å²) in [7, 11) is 1.64. The number of aromatic nitrogens is 1. The van der Waals surface area contributed by atoms with Gasteiger partial charge in [0.15, 0.2) is 0 Å². The Labute approximate surface area is 126 Å². The number of amides is 1. The maximum Gasteiger partial charge on any atom is 0.272 e. The number of ether oxygens (including phenoxy) is 2. The molecule has 1 aromatic rings. The molecule has 0 saturated carbocycles. The predicted octanol–water partition coefficient (Wildman–Crippen LogP) is 1.91. The maximum absolute atomic E-state index is 12.8. The van der Waals surface area contributed by atoms with Gasteiger partial charge in [0.05, 0.1) is 18.3 Å². The molecule has 116 valence electrons. The van der Waals surface area contributed by atoms with Gasteiger partial charge in [0.25, 0.3) is 5.91 Å². The van der Waals surface area contributed by atoms with E-state index >= 15 is 0 Å². The van der Waals surface area contributed by atoms with Gasteiger partial charge >= 0.3 is 0 Å². The van der Waals surface area contributed by atoms with Crippen LogP contribution in [0.2, 0.25) is 0 Å². The summed E-state index contributed by atoms with van der Waals surface area (Å²) in [6, 6.07) is 3.82. The van der Waals surface area contributed by atoms with Crippen molar-refractivity contribution in [3.8, 4) is 0 Å². The summed E-state index contributed by atoms with van der Waals surface area (Å²) in [6.07, 6.45) is 2.37. The molecule has 1 fully saturated rings. The Morgan fingerprint density at radius 1 is 1.57 bits per heavy atom. The van der Waals surface area contributed by atoms with Crippen LogP contribution >= 0.6 is 0 Å². The minimum absolute atomic E-state index is 0.0232. The Bertz CT molecular complexity index is 502. The van der Waals surface area contributed by atoms with Crippen molar-refractivity contribution in [1.82, 2.24) is 9.88 Å². The van der Waals surface area contributed by atoms with Crippen LogP contribution in [0.25, 0.3) is 0 Å². The first-order valence-electron chi connectivity index (χ1n) is 7.36. The average Bonchev–Trinajstić information content (AvgIpc) is 2.45. The van der Waals surface area contributed by atoms with E-state index in [4.69, 9.17) is 9.47 Å². The molecule has 0 aliphatic carbocycles. The number of pyridine rings is 1. The Morgan fingerprint density at radius 2 is 2.33 bits per heavy atom. The molecule has 1 saturated heterocycles. The largest absolute Gasteiger partial charge is 0.382 e. The second-order valence-electron chi connectivity index (χ2n) is 6.01. The Balaban J connectivity index is 2.21. The number of hydrogen-bond donors (Lipinski definition) is 0. The first kappa shape index (κ1) is 15.9. The zero-order chi connectivity index (χ0) is 15.5. The molecule has 5 heteroatoms. The number of hydrogen-bond acceptors (Lipinski definition) is 4. The number of morpholine rings is 1. The van der Waals surface area contributed by atoms with E-state index in [1.54, 1.807) is 13.3 Å². The lowest BCUT2D eigenvalue weighted by Crippen LogP contribution is -2.55. The van der Waals surface area contributed by atoms with E-state index in [0.29, 0.717) is 25.4 Å². The fourth-order valence-corrected chi connectivity index (χ4v) is 2.79. The molecule has 0 N–H and O–H groups in total. The molecule has 1 aliphatic rings. The lowest BCUT2D eigenvalue weighted by molar-refractivity contribution is -0.143. The quantitative estimate of drug-likeness (QED) is 0.850. The molecule has 0 aromatic carbocycles. The summed E-state index contributed by atoms with van der Waals surface area (Å²) >= 11 is 0. The second kappa shape index (κ2) is 6.54. The van der Waals surface area contributed by atoms with Gasteiger partial charge < -0.3 is 14.4 Å². The molecule has 2 heterocycles. The van der Waals surface area contributed by atoms with Crippen LogP contribution in [0.3, 0.4) is 0 Å². The van der Waals surface area contributed by atoms with Gasteiger partial charge in [0.2, 0.25) is 0 Å². The summed E-state index contributed by atoms with van der Waals surface area (Å²) in [4.78, 5) is 18.9. The van der Waals surface area contributed by atoms with E-state index in [2.05, 4.69) is 4.98 Å². The van der Waals surface area contributed by atoms with Gasteiger partial charge in [-0.25, -0.2) is 0 Å². The SMILES string of the molecule is CCc1cccnc1C(=O)N1C[C@@H](COC)OC(C)(C)C1. The van der Waals surface area contributed by atoms with Crippen LogP contribution in [-0.2, 0) is 15.9 Å². The van der Waals surface area contributed by atoms with Gasteiger partial charge in [-0.05, 0) is 31.9 Å². The van der Waals surface area contributed by atoms with Crippen LogP contribution in [-0.4, -0.2) is 54.3 Å². The van der Waals surface area contributed by atoms with E-state index in [1.807, 2.05) is 37.8 Å². The van der Waals surface area contributed by atoms with Crippen LogP contribution in [0.4, 0.5) is 0 Å². The normalized spacial score (nSPS) is 21.3. The van der Waals surface area contributed by atoms with Gasteiger partial charge in [-0.2, -0.15) is 0 Å². The number of methoxy groups -OCH3 is 1. The van der Waals surface area contributed by atoms with Crippen molar-refractivity contribution in [3.05, 3.63) is 29.6 Å². The number of carbonyl (C=O) groups excluding carboxylic acids is 1. The lowest BCUT2D eigenvalue weighted by atomic mass is 10.0. The molecule has 1 amide bonds. The highest BCUT2D eigenvalue weighted by atomic mass is 16.5. The van der Waals surface area contributed by atoms with Crippen molar-refractivity contribution in [2.45, 2.75) is 38.9 Å².